The van der Waals surface area contributed by atoms with Gasteiger partial charge < -0.3 is 0 Å². The van der Waals surface area contributed by atoms with Crippen molar-refractivity contribution in [1.29, 1.82) is 0 Å². The van der Waals surface area contributed by atoms with Crippen molar-refractivity contribution in [2.45, 2.75) is 20.3 Å². The summed E-state index contributed by atoms with van der Waals surface area (Å²) in [6.07, 6.45) is 10.0. The molecule has 4 aromatic rings. The Morgan fingerprint density at radius 3 is 2.27 bits per heavy atom. The minimum absolute atomic E-state index is 1.01. The quantitative estimate of drug-likeness (QED) is 0.217. The topological polar surface area (TPSA) is 0 Å². The Balaban J connectivity index is 0.000000182. The van der Waals surface area contributed by atoms with Gasteiger partial charge in [-0.3, -0.25) is 6.08 Å². The predicted molar refractivity (Wildman–Crippen MR) is 112 cm³/mol. The maximum atomic E-state index is 2.99. The Morgan fingerprint density at radius 2 is 1.62 bits per heavy atom. The molecule has 1 aliphatic carbocycles. The first kappa shape index (κ1) is 18.8. The molecule has 0 aromatic heterocycles. The summed E-state index contributed by atoms with van der Waals surface area (Å²) in [6, 6.07) is 23.9. The molecule has 1 aliphatic rings. The van der Waals surface area contributed by atoms with E-state index in [1.54, 1.807) is 24.2 Å². The summed E-state index contributed by atoms with van der Waals surface area (Å²) < 4.78 is 1.51. The molecular formula is C25H22Zr. The van der Waals surface area contributed by atoms with Gasteiger partial charge in [-0.1, -0.05) is 58.6 Å². The Bertz CT molecular complexity index is 1080. The van der Waals surface area contributed by atoms with E-state index in [1.165, 1.54) is 35.5 Å². The van der Waals surface area contributed by atoms with Crippen molar-refractivity contribution >= 4 is 35.5 Å². The third-order valence-electron chi connectivity index (χ3n) is 4.11. The average Bonchev–Trinajstić information content (AvgIpc) is 3.35. The van der Waals surface area contributed by atoms with Crippen LogP contribution in [-0.2, 0) is 24.2 Å². The van der Waals surface area contributed by atoms with Crippen LogP contribution in [0.2, 0.25) is 0 Å². The molecule has 4 aromatic carbocycles. The second kappa shape index (κ2) is 9.10. The molecule has 0 amide bonds. The van der Waals surface area contributed by atoms with Crippen LogP contribution in [0.15, 0.2) is 85.0 Å². The van der Waals surface area contributed by atoms with Gasteiger partial charge in [0.2, 0.25) is 0 Å². The fourth-order valence-corrected chi connectivity index (χ4v) is 3.05. The molecule has 126 valence electrons. The standard InChI is InChI=1S/C17H11.C5H5.C3H6.Zr/c1-2-6-15-12(4-1)8-10-14-11-9-13-5-3-7-16(13)17(14)15;1-2-4-5-3-1;1-3-2;/h1-11H;1-3H,4H2;1-2H3;/q2*-1;;+2. The average molecular weight is 414 g/mol. The van der Waals surface area contributed by atoms with Gasteiger partial charge in [-0.25, -0.2) is 12.2 Å². The Labute approximate surface area is 170 Å². The van der Waals surface area contributed by atoms with E-state index < -0.39 is 0 Å². The van der Waals surface area contributed by atoms with Crippen molar-refractivity contribution in [2.75, 3.05) is 0 Å². The van der Waals surface area contributed by atoms with Crippen molar-refractivity contribution < 1.29 is 24.2 Å². The van der Waals surface area contributed by atoms with Crippen LogP contribution in [0.4, 0.5) is 0 Å². The molecule has 0 saturated heterocycles. The molecule has 0 aliphatic heterocycles. The van der Waals surface area contributed by atoms with Gasteiger partial charge in [0.15, 0.2) is 0 Å². The summed E-state index contributed by atoms with van der Waals surface area (Å²) in [5.74, 6) is 0. The maximum Gasteiger partial charge on any atom is -0.0271 e. The number of hydrogen-bond acceptors (Lipinski definition) is 0. The molecule has 0 fully saturated rings. The zero-order chi connectivity index (χ0) is 18.4. The molecule has 0 unspecified atom stereocenters. The molecule has 26 heavy (non-hydrogen) atoms. The van der Waals surface area contributed by atoms with Gasteiger partial charge in [-0.05, 0) is 5.39 Å². The zero-order valence-corrected chi connectivity index (χ0v) is 17.7. The van der Waals surface area contributed by atoms with E-state index >= 15 is 0 Å². The smallest absolute Gasteiger partial charge is 0.0271 e. The second-order valence-corrected chi connectivity index (χ2v) is 8.94. The van der Waals surface area contributed by atoms with Crippen LogP contribution >= 0.6 is 0 Å². The summed E-state index contributed by atoms with van der Waals surface area (Å²) in [6.45, 7) is 4.25. The van der Waals surface area contributed by atoms with Gasteiger partial charge in [-0.15, -0.1) is 29.3 Å². The molecule has 1 heteroatoms. The molecule has 5 rings (SSSR count). The number of fused-ring (bicyclic) bond motifs is 5. The fourth-order valence-electron chi connectivity index (χ4n) is 3.05. The number of allylic oxidation sites excluding steroid dienone is 4. The van der Waals surface area contributed by atoms with Crippen LogP contribution < -0.4 is 0 Å². The molecule has 0 radical (unpaired) electrons. The van der Waals surface area contributed by atoms with E-state index in [0.717, 1.165) is 6.42 Å². The molecule has 0 N–H and O–H groups in total. The van der Waals surface area contributed by atoms with Crippen LogP contribution in [0, 0.1) is 6.08 Å². The first-order valence-electron chi connectivity index (χ1n) is 8.86. The summed E-state index contributed by atoms with van der Waals surface area (Å²) in [5, 5.41) is 8.05. The van der Waals surface area contributed by atoms with E-state index in [2.05, 4.69) is 92.7 Å². The number of rotatable bonds is 0. The first-order valence-corrected chi connectivity index (χ1v) is 10.1. The summed E-state index contributed by atoms with van der Waals surface area (Å²) in [4.78, 5) is 0. The summed E-state index contributed by atoms with van der Waals surface area (Å²) in [7, 11) is 0. The molecule has 0 nitrogen and oxygen atoms in total. The van der Waals surface area contributed by atoms with Crippen LogP contribution in [0.1, 0.15) is 20.3 Å². The normalized spacial score (nSPS) is 12.0. The minimum Gasteiger partial charge on any atom is -0.273 e. The zero-order valence-electron chi connectivity index (χ0n) is 15.3. The molecule has 0 saturated carbocycles. The van der Waals surface area contributed by atoms with E-state index in [0.29, 0.717) is 0 Å². The van der Waals surface area contributed by atoms with E-state index in [4.69, 9.17) is 0 Å². The van der Waals surface area contributed by atoms with Gasteiger partial charge in [-0.2, -0.15) is 18.2 Å². The first-order chi connectivity index (χ1) is 12.7. The number of hydrogen-bond donors (Lipinski definition) is 0. The van der Waals surface area contributed by atoms with E-state index in [9.17, 15) is 0 Å². The van der Waals surface area contributed by atoms with Gasteiger partial charge in [0, 0.05) is 0 Å². The van der Waals surface area contributed by atoms with Crippen molar-refractivity contribution in [1.82, 2.24) is 0 Å². The van der Waals surface area contributed by atoms with Crippen molar-refractivity contribution in [3.63, 3.8) is 0 Å². The summed E-state index contributed by atoms with van der Waals surface area (Å²) in [5.41, 5.74) is 0. The number of benzene rings is 3. The summed E-state index contributed by atoms with van der Waals surface area (Å²) >= 11 is 1.55. The van der Waals surface area contributed by atoms with Gasteiger partial charge in [0.1, 0.15) is 0 Å². The van der Waals surface area contributed by atoms with Crippen molar-refractivity contribution in [3.8, 4) is 0 Å². The monoisotopic (exact) mass is 412 g/mol. The van der Waals surface area contributed by atoms with Gasteiger partial charge in [0.25, 0.3) is 0 Å². The van der Waals surface area contributed by atoms with Crippen LogP contribution in [-0.4, -0.2) is 3.21 Å². The third kappa shape index (κ3) is 4.60. The fraction of sp³-hybridized carbons (Fsp3) is 0.120. The van der Waals surface area contributed by atoms with Crippen molar-refractivity contribution in [2.24, 2.45) is 0 Å². The van der Waals surface area contributed by atoms with Gasteiger partial charge >= 0.3 is 41.3 Å². The third-order valence-corrected chi connectivity index (χ3v) is 4.11. The second-order valence-electron chi connectivity index (χ2n) is 6.48. The molecule has 0 spiro atoms. The SMILES string of the molecule is C[C](C)=[Zr+2].[C-]1=CC=CC1.c1ccc2c(c1)ccc1ccc3cc[cH-]c3c12. The van der Waals surface area contributed by atoms with E-state index in [-0.39, 0.29) is 0 Å². The maximum absolute atomic E-state index is 2.99. The molecule has 0 heterocycles. The minimum atomic E-state index is 1.01. The predicted octanol–water partition coefficient (Wildman–Crippen LogP) is 6.92. The van der Waals surface area contributed by atoms with Crippen LogP contribution in [0.5, 0.6) is 0 Å². The molecule has 0 bridgehead atoms. The Morgan fingerprint density at radius 1 is 0.923 bits per heavy atom. The largest absolute Gasteiger partial charge is 0.273 e. The van der Waals surface area contributed by atoms with Crippen LogP contribution in [0.3, 0.4) is 0 Å². The van der Waals surface area contributed by atoms with Crippen molar-refractivity contribution in [3.05, 3.63) is 91.0 Å². The van der Waals surface area contributed by atoms with Crippen LogP contribution in [0.25, 0.3) is 32.3 Å². The van der Waals surface area contributed by atoms with Gasteiger partial charge in [0.05, 0.1) is 0 Å². The van der Waals surface area contributed by atoms with E-state index in [1.807, 2.05) is 12.2 Å². The Kier molecular flexibility index (Phi) is 6.58. The Hall–Kier alpha value is -1.98. The molecule has 0 atom stereocenters. The molecular weight excluding hydrogens is 391 g/mol.